The van der Waals surface area contributed by atoms with E-state index >= 15 is 0 Å². The van der Waals surface area contributed by atoms with Crippen molar-refractivity contribution in [3.63, 3.8) is 0 Å². The Labute approximate surface area is 145 Å². The van der Waals surface area contributed by atoms with Gasteiger partial charge >= 0.3 is 5.97 Å². The van der Waals surface area contributed by atoms with Gasteiger partial charge in [-0.15, -0.1) is 0 Å². The third kappa shape index (κ3) is 5.10. The molecule has 0 radical (unpaired) electrons. The Morgan fingerprint density at radius 1 is 1.08 bits per heavy atom. The molecule has 2 aromatic rings. The minimum absolute atomic E-state index is 0.157. The zero-order chi connectivity index (χ0) is 18.2. The normalized spacial score (nSPS) is 10.5. The van der Waals surface area contributed by atoms with Crippen molar-refractivity contribution >= 4 is 23.6 Å². The molecule has 2 rings (SSSR count). The molecule has 0 unspecified atom stereocenters. The molecule has 0 heterocycles. The van der Waals surface area contributed by atoms with Gasteiger partial charge in [0, 0.05) is 11.8 Å². The molecule has 0 aliphatic carbocycles. The monoisotopic (exact) mass is 341 g/mol. The van der Waals surface area contributed by atoms with E-state index in [0.717, 1.165) is 5.56 Å². The number of aliphatic carboxylic acids is 1. The summed E-state index contributed by atoms with van der Waals surface area (Å²) in [6.07, 6.45) is 2.85. The fourth-order valence-electron chi connectivity index (χ4n) is 2.26. The lowest BCUT2D eigenvalue weighted by molar-refractivity contribution is -0.136. The number of amides is 1. The third-order valence-corrected chi connectivity index (χ3v) is 3.45. The second kappa shape index (κ2) is 8.54. The molecule has 6 heteroatoms. The molecule has 1 amide bonds. The van der Waals surface area contributed by atoms with E-state index in [4.69, 9.17) is 14.6 Å². The molecule has 25 heavy (non-hydrogen) atoms. The highest BCUT2D eigenvalue weighted by Crippen LogP contribution is 2.28. The summed E-state index contributed by atoms with van der Waals surface area (Å²) < 4.78 is 10.4. The van der Waals surface area contributed by atoms with Gasteiger partial charge in [0.05, 0.1) is 20.6 Å². The number of methoxy groups -OCH3 is 2. The molecule has 0 saturated carbocycles. The number of nitrogens with one attached hydrogen (secondary N) is 1. The Hall–Kier alpha value is -3.28. The van der Waals surface area contributed by atoms with Crippen molar-refractivity contribution in [3.8, 4) is 11.5 Å². The molecule has 0 aliphatic heterocycles. The summed E-state index contributed by atoms with van der Waals surface area (Å²) in [6.45, 7) is 0. The van der Waals surface area contributed by atoms with Gasteiger partial charge in [-0.2, -0.15) is 0 Å². The summed E-state index contributed by atoms with van der Waals surface area (Å²) in [5.74, 6) is -0.140. The molecule has 0 atom stereocenters. The molecule has 0 spiro atoms. The molecule has 2 aromatic carbocycles. The number of carboxylic acids is 1. The topological polar surface area (TPSA) is 84.9 Å². The van der Waals surface area contributed by atoms with Crippen molar-refractivity contribution in [2.45, 2.75) is 6.42 Å². The smallest absolute Gasteiger partial charge is 0.307 e. The van der Waals surface area contributed by atoms with Crippen LogP contribution in [0.25, 0.3) is 6.08 Å². The van der Waals surface area contributed by atoms with Crippen molar-refractivity contribution in [3.05, 3.63) is 59.7 Å². The maximum atomic E-state index is 12.1. The van der Waals surface area contributed by atoms with E-state index in [2.05, 4.69) is 5.32 Å². The van der Waals surface area contributed by atoms with E-state index in [-0.39, 0.29) is 12.3 Å². The summed E-state index contributed by atoms with van der Waals surface area (Å²) in [5.41, 5.74) is 1.79. The van der Waals surface area contributed by atoms with Crippen LogP contribution in [-0.4, -0.2) is 31.2 Å². The van der Waals surface area contributed by atoms with E-state index in [1.807, 2.05) is 0 Å². The number of hydrogen-bond acceptors (Lipinski definition) is 4. The molecular formula is C19H19NO5. The summed E-state index contributed by atoms with van der Waals surface area (Å²) in [7, 11) is 3.09. The highest BCUT2D eigenvalue weighted by atomic mass is 16.5. The number of para-hydroxylation sites is 1. The summed E-state index contributed by atoms with van der Waals surface area (Å²) in [4.78, 5) is 23.0. The minimum atomic E-state index is -0.956. The summed E-state index contributed by atoms with van der Waals surface area (Å²) in [5, 5.41) is 11.6. The van der Waals surface area contributed by atoms with Crippen LogP contribution in [0.2, 0.25) is 0 Å². The standard InChI is InChI=1S/C19H19NO5/c1-24-16-9-7-13(11-17(16)25-2)8-10-18(21)20-15-6-4-3-5-14(15)12-19(22)23/h3-11H,12H2,1-2H3,(H,20,21)(H,22,23)/b10-8+. The van der Waals surface area contributed by atoms with Gasteiger partial charge in [0.1, 0.15) is 0 Å². The van der Waals surface area contributed by atoms with Crippen LogP contribution in [-0.2, 0) is 16.0 Å². The van der Waals surface area contributed by atoms with Crippen molar-refractivity contribution in [1.82, 2.24) is 0 Å². The average Bonchev–Trinajstić information content (AvgIpc) is 2.61. The minimum Gasteiger partial charge on any atom is -0.493 e. The third-order valence-electron chi connectivity index (χ3n) is 3.45. The number of ether oxygens (including phenoxy) is 2. The van der Waals surface area contributed by atoms with Crippen molar-refractivity contribution in [2.24, 2.45) is 0 Å². The van der Waals surface area contributed by atoms with Crippen LogP contribution in [0.1, 0.15) is 11.1 Å². The second-order valence-corrected chi connectivity index (χ2v) is 5.16. The predicted molar refractivity (Wildman–Crippen MR) is 95.0 cm³/mol. The number of benzene rings is 2. The molecule has 130 valence electrons. The van der Waals surface area contributed by atoms with Crippen LogP contribution in [0.15, 0.2) is 48.5 Å². The number of carbonyl (C=O) groups is 2. The first-order chi connectivity index (χ1) is 12.0. The Balaban J connectivity index is 2.10. The molecule has 0 aliphatic rings. The predicted octanol–water partition coefficient (Wildman–Crippen LogP) is 2.98. The van der Waals surface area contributed by atoms with Crippen LogP contribution in [0.4, 0.5) is 5.69 Å². The highest BCUT2D eigenvalue weighted by Gasteiger charge is 2.08. The Kier molecular flexibility index (Phi) is 6.17. The van der Waals surface area contributed by atoms with Gasteiger partial charge in [0.15, 0.2) is 11.5 Å². The van der Waals surface area contributed by atoms with Gasteiger partial charge in [-0.3, -0.25) is 9.59 Å². The SMILES string of the molecule is COc1ccc(/C=C/C(=O)Nc2ccccc2CC(=O)O)cc1OC. The van der Waals surface area contributed by atoms with E-state index in [1.54, 1.807) is 55.7 Å². The number of carbonyl (C=O) groups excluding carboxylic acids is 1. The molecule has 0 fully saturated rings. The van der Waals surface area contributed by atoms with Crippen LogP contribution in [0, 0.1) is 0 Å². The number of carboxylic acid groups (broad SMARTS) is 1. The lowest BCUT2D eigenvalue weighted by atomic mass is 10.1. The van der Waals surface area contributed by atoms with Gasteiger partial charge in [-0.25, -0.2) is 0 Å². The second-order valence-electron chi connectivity index (χ2n) is 5.16. The van der Waals surface area contributed by atoms with E-state index in [9.17, 15) is 9.59 Å². The van der Waals surface area contributed by atoms with E-state index in [1.165, 1.54) is 13.2 Å². The van der Waals surface area contributed by atoms with E-state index in [0.29, 0.717) is 22.7 Å². The first-order valence-corrected chi connectivity index (χ1v) is 7.54. The quantitative estimate of drug-likeness (QED) is 0.756. The maximum absolute atomic E-state index is 12.1. The summed E-state index contributed by atoms with van der Waals surface area (Å²) in [6, 6.07) is 12.1. The van der Waals surface area contributed by atoms with E-state index < -0.39 is 5.97 Å². The first kappa shape index (κ1) is 18.1. The van der Waals surface area contributed by atoms with Crippen molar-refractivity contribution < 1.29 is 24.2 Å². The number of anilines is 1. The van der Waals surface area contributed by atoms with Crippen LogP contribution >= 0.6 is 0 Å². The van der Waals surface area contributed by atoms with Crippen LogP contribution in [0.5, 0.6) is 11.5 Å². The van der Waals surface area contributed by atoms with Gasteiger partial charge in [-0.05, 0) is 35.4 Å². The lowest BCUT2D eigenvalue weighted by Gasteiger charge is -2.08. The molecule has 0 bridgehead atoms. The van der Waals surface area contributed by atoms with Crippen LogP contribution < -0.4 is 14.8 Å². The summed E-state index contributed by atoms with van der Waals surface area (Å²) >= 11 is 0. The van der Waals surface area contributed by atoms with Gasteiger partial charge in [0.25, 0.3) is 0 Å². The average molecular weight is 341 g/mol. The zero-order valence-corrected chi connectivity index (χ0v) is 14.0. The van der Waals surface area contributed by atoms with Crippen molar-refractivity contribution in [1.29, 1.82) is 0 Å². The maximum Gasteiger partial charge on any atom is 0.307 e. The first-order valence-electron chi connectivity index (χ1n) is 7.54. The fourth-order valence-corrected chi connectivity index (χ4v) is 2.26. The molecule has 6 nitrogen and oxygen atoms in total. The molecule has 0 saturated heterocycles. The van der Waals surface area contributed by atoms with Gasteiger partial charge in [0.2, 0.25) is 5.91 Å². The molecular weight excluding hydrogens is 322 g/mol. The largest absolute Gasteiger partial charge is 0.493 e. The Morgan fingerprint density at radius 2 is 1.80 bits per heavy atom. The number of hydrogen-bond donors (Lipinski definition) is 2. The Morgan fingerprint density at radius 3 is 2.48 bits per heavy atom. The fraction of sp³-hybridized carbons (Fsp3) is 0.158. The van der Waals surface area contributed by atoms with Crippen LogP contribution in [0.3, 0.4) is 0 Å². The number of rotatable bonds is 7. The van der Waals surface area contributed by atoms with Gasteiger partial charge < -0.3 is 19.9 Å². The van der Waals surface area contributed by atoms with Crippen molar-refractivity contribution in [2.75, 3.05) is 19.5 Å². The molecule has 0 aromatic heterocycles. The van der Waals surface area contributed by atoms with Gasteiger partial charge in [-0.1, -0.05) is 24.3 Å². The molecule has 2 N–H and O–H groups in total. The lowest BCUT2D eigenvalue weighted by Crippen LogP contribution is -2.11. The zero-order valence-electron chi connectivity index (χ0n) is 14.0. The highest BCUT2D eigenvalue weighted by molar-refractivity contribution is 6.02. The Bertz CT molecular complexity index is 798.